The number of sulfonamides is 1. The normalized spacial score (nSPS) is 11.7. The van der Waals surface area contributed by atoms with Gasteiger partial charge in [0, 0.05) is 23.3 Å². The second-order valence-corrected chi connectivity index (χ2v) is 9.63. The Morgan fingerprint density at radius 2 is 1.88 bits per heavy atom. The highest BCUT2D eigenvalue weighted by Gasteiger charge is 2.17. The van der Waals surface area contributed by atoms with Gasteiger partial charge in [0.25, 0.3) is 10.0 Å². The summed E-state index contributed by atoms with van der Waals surface area (Å²) in [6, 6.07) is 13.8. The third-order valence-electron chi connectivity index (χ3n) is 4.73. The summed E-state index contributed by atoms with van der Waals surface area (Å²) in [4.78, 5) is 9.38. The van der Waals surface area contributed by atoms with E-state index in [1.807, 2.05) is 41.1 Å². The monoisotopic (exact) mass is 466 g/mol. The molecule has 0 aliphatic carbocycles. The third kappa shape index (κ3) is 3.83. The lowest BCUT2D eigenvalue weighted by Gasteiger charge is -2.07. The maximum atomic E-state index is 12.5. The smallest absolute Gasteiger partial charge is 0.263 e. The van der Waals surface area contributed by atoms with E-state index in [0.29, 0.717) is 10.9 Å². The number of anilines is 3. The molecule has 0 unspecified atom stereocenters. The van der Waals surface area contributed by atoms with Crippen LogP contribution >= 0.6 is 11.3 Å². The quantitative estimate of drug-likeness (QED) is 0.376. The summed E-state index contributed by atoms with van der Waals surface area (Å²) in [5.41, 5.74) is 4.25. The molecule has 32 heavy (non-hydrogen) atoms. The van der Waals surface area contributed by atoms with E-state index >= 15 is 0 Å². The fourth-order valence-corrected chi connectivity index (χ4v) is 5.01. The highest BCUT2D eigenvalue weighted by Crippen LogP contribution is 2.30. The molecule has 0 saturated heterocycles. The first-order chi connectivity index (χ1) is 15.4. The van der Waals surface area contributed by atoms with Crippen LogP contribution in [0.1, 0.15) is 11.5 Å². The molecule has 1 aromatic carbocycles. The molecule has 0 aliphatic heterocycles. The van der Waals surface area contributed by atoms with E-state index in [1.165, 1.54) is 29.5 Å². The molecule has 0 atom stereocenters. The molecule has 4 aromatic heterocycles. The lowest BCUT2D eigenvalue weighted by Crippen LogP contribution is -2.13. The van der Waals surface area contributed by atoms with Crippen molar-refractivity contribution >= 4 is 43.6 Å². The van der Waals surface area contributed by atoms with Crippen LogP contribution in [-0.4, -0.2) is 27.9 Å². The number of fused-ring (bicyclic) bond motifs is 1. The molecule has 9 nitrogen and oxygen atoms in total. The van der Waals surface area contributed by atoms with Crippen molar-refractivity contribution in [2.45, 2.75) is 18.7 Å². The first-order valence-electron chi connectivity index (χ1n) is 9.62. The van der Waals surface area contributed by atoms with Crippen LogP contribution in [0.25, 0.3) is 17.0 Å². The number of imidazole rings is 1. The lowest BCUT2D eigenvalue weighted by atomic mass is 10.3. The molecular formula is C21H18N6O3S2. The van der Waals surface area contributed by atoms with E-state index in [4.69, 9.17) is 4.52 Å². The van der Waals surface area contributed by atoms with Crippen LogP contribution in [0.2, 0.25) is 0 Å². The Morgan fingerprint density at radius 1 is 1.06 bits per heavy atom. The summed E-state index contributed by atoms with van der Waals surface area (Å²) in [7, 11) is -3.76. The summed E-state index contributed by atoms with van der Waals surface area (Å²) in [5.74, 6) is 0.659. The average Bonchev–Trinajstić information content (AvgIpc) is 3.46. The molecular weight excluding hydrogens is 448 g/mol. The number of nitrogens with one attached hydrogen (secondary N) is 2. The van der Waals surface area contributed by atoms with Gasteiger partial charge in [-0.3, -0.25) is 9.12 Å². The van der Waals surface area contributed by atoms with Crippen LogP contribution in [0.4, 0.5) is 16.6 Å². The number of aryl methyl sites for hydroxylation is 2. The molecule has 2 N–H and O–H groups in total. The van der Waals surface area contributed by atoms with Gasteiger partial charge < -0.3 is 9.84 Å². The van der Waals surface area contributed by atoms with Crippen LogP contribution in [0, 0.1) is 13.8 Å². The van der Waals surface area contributed by atoms with Crippen molar-refractivity contribution in [1.82, 2.24) is 19.5 Å². The van der Waals surface area contributed by atoms with Gasteiger partial charge in [0.1, 0.15) is 17.1 Å². The number of thiazole rings is 1. The lowest BCUT2D eigenvalue weighted by molar-refractivity contribution is 0.400. The number of aromatic nitrogens is 4. The number of hydrogen-bond acceptors (Lipinski definition) is 8. The van der Waals surface area contributed by atoms with Gasteiger partial charge in [-0.15, -0.1) is 11.3 Å². The Balaban J connectivity index is 1.34. The maximum Gasteiger partial charge on any atom is 0.263 e. The molecule has 5 rings (SSSR count). The number of hydrogen-bond donors (Lipinski definition) is 2. The minimum absolute atomic E-state index is 0.116. The predicted octanol–water partition coefficient (Wildman–Crippen LogP) is 4.61. The zero-order valence-corrected chi connectivity index (χ0v) is 18.7. The number of benzene rings is 1. The van der Waals surface area contributed by atoms with Gasteiger partial charge in [0.15, 0.2) is 10.9 Å². The zero-order valence-electron chi connectivity index (χ0n) is 17.1. The van der Waals surface area contributed by atoms with Crippen molar-refractivity contribution in [2.75, 3.05) is 10.0 Å². The summed E-state index contributed by atoms with van der Waals surface area (Å²) < 4.78 is 34.3. The third-order valence-corrected chi connectivity index (χ3v) is 6.86. The van der Waals surface area contributed by atoms with Crippen LogP contribution in [0.15, 0.2) is 69.5 Å². The zero-order chi connectivity index (χ0) is 22.3. The predicted molar refractivity (Wildman–Crippen MR) is 123 cm³/mol. The number of pyridine rings is 1. The standard InChI is InChI=1S/C21H18N6O3S2/c1-13-11-18(25-30-13)26-32(28,29)16-8-6-15(7-9-16)23-21-24-17(12-31-21)20-14(2)22-19-5-3-4-10-27(19)20/h3-12H,1-2H3,(H,23,24)(H,25,26). The second kappa shape index (κ2) is 7.77. The van der Waals surface area contributed by atoms with Crippen molar-refractivity contribution in [3.63, 3.8) is 0 Å². The van der Waals surface area contributed by atoms with E-state index in [1.54, 1.807) is 19.1 Å². The second-order valence-electron chi connectivity index (χ2n) is 7.09. The Hall–Kier alpha value is -3.70. The highest BCUT2D eigenvalue weighted by molar-refractivity contribution is 7.92. The Bertz CT molecular complexity index is 1520. The first-order valence-corrected chi connectivity index (χ1v) is 12.0. The molecule has 0 bridgehead atoms. The van der Waals surface area contributed by atoms with Gasteiger partial charge in [0.2, 0.25) is 0 Å². The van der Waals surface area contributed by atoms with Gasteiger partial charge in [-0.25, -0.2) is 18.4 Å². The van der Waals surface area contributed by atoms with E-state index in [9.17, 15) is 8.42 Å². The van der Waals surface area contributed by atoms with Crippen molar-refractivity contribution in [1.29, 1.82) is 0 Å². The number of nitrogens with zero attached hydrogens (tertiary/aromatic N) is 4. The van der Waals surface area contributed by atoms with Crippen molar-refractivity contribution in [2.24, 2.45) is 0 Å². The number of rotatable bonds is 6. The van der Waals surface area contributed by atoms with Crippen molar-refractivity contribution in [3.8, 4) is 11.4 Å². The largest absolute Gasteiger partial charge is 0.360 e. The van der Waals surface area contributed by atoms with Gasteiger partial charge in [-0.2, -0.15) is 0 Å². The van der Waals surface area contributed by atoms with E-state index in [-0.39, 0.29) is 10.7 Å². The molecule has 11 heteroatoms. The molecule has 0 saturated carbocycles. The van der Waals surface area contributed by atoms with E-state index in [0.717, 1.165) is 28.4 Å². The van der Waals surface area contributed by atoms with Crippen molar-refractivity contribution < 1.29 is 12.9 Å². The van der Waals surface area contributed by atoms with Crippen molar-refractivity contribution in [3.05, 3.63) is 71.6 Å². The van der Waals surface area contributed by atoms with Gasteiger partial charge >= 0.3 is 0 Å². The molecule has 0 spiro atoms. The molecule has 0 fully saturated rings. The van der Waals surface area contributed by atoms with Gasteiger partial charge in [-0.05, 0) is 50.2 Å². The van der Waals surface area contributed by atoms with E-state index in [2.05, 4.69) is 25.2 Å². The van der Waals surface area contributed by atoms with Crippen LogP contribution in [0.5, 0.6) is 0 Å². The minimum Gasteiger partial charge on any atom is -0.360 e. The fraction of sp³-hybridized carbons (Fsp3) is 0.0952. The first kappa shape index (κ1) is 20.2. The van der Waals surface area contributed by atoms with Crippen LogP contribution < -0.4 is 10.0 Å². The highest BCUT2D eigenvalue weighted by atomic mass is 32.2. The Labute approximate surface area is 187 Å². The summed E-state index contributed by atoms with van der Waals surface area (Å²) >= 11 is 1.46. The Kier molecular flexibility index (Phi) is 4.91. The molecule has 5 aromatic rings. The molecule has 4 heterocycles. The summed E-state index contributed by atoms with van der Waals surface area (Å²) in [6.45, 7) is 3.65. The molecule has 162 valence electrons. The van der Waals surface area contributed by atoms with E-state index < -0.39 is 10.0 Å². The van der Waals surface area contributed by atoms with Crippen LogP contribution in [0.3, 0.4) is 0 Å². The average molecular weight is 467 g/mol. The van der Waals surface area contributed by atoms with Crippen LogP contribution in [-0.2, 0) is 10.0 Å². The summed E-state index contributed by atoms with van der Waals surface area (Å²) in [6.07, 6.45) is 1.96. The van der Waals surface area contributed by atoms with Gasteiger partial charge in [0.05, 0.1) is 16.3 Å². The minimum atomic E-state index is -3.76. The molecule has 0 amide bonds. The molecule has 0 aliphatic rings. The SMILES string of the molecule is Cc1cc(NS(=O)(=O)c2ccc(Nc3nc(-c4c(C)nc5ccccn45)cs3)cc2)no1. The fourth-order valence-electron chi connectivity index (χ4n) is 3.31. The topological polar surface area (TPSA) is 114 Å². The maximum absolute atomic E-state index is 12.5. The molecule has 0 radical (unpaired) electrons. The van der Waals surface area contributed by atoms with Gasteiger partial charge in [-0.1, -0.05) is 11.2 Å². The summed E-state index contributed by atoms with van der Waals surface area (Å²) in [5, 5.41) is 9.54. The Morgan fingerprint density at radius 3 is 2.62 bits per heavy atom.